The fourth-order valence-electron chi connectivity index (χ4n) is 6.56. The smallest absolute Gasteiger partial charge is 0.0462 e. The second-order valence-electron chi connectivity index (χ2n) is 12.2. The van der Waals surface area contributed by atoms with Gasteiger partial charge in [0, 0.05) is 17.1 Å². The van der Waals surface area contributed by atoms with Gasteiger partial charge in [0.25, 0.3) is 0 Å². The first-order chi connectivity index (χ1) is 24.3. The van der Waals surface area contributed by atoms with Crippen LogP contribution in [-0.4, -0.2) is 0 Å². The highest BCUT2D eigenvalue weighted by Crippen LogP contribution is 2.39. The first-order valence-corrected chi connectivity index (χ1v) is 16.8. The van der Waals surface area contributed by atoms with E-state index in [4.69, 9.17) is 0 Å². The van der Waals surface area contributed by atoms with Crippen molar-refractivity contribution in [3.63, 3.8) is 0 Å². The summed E-state index contributed by atoms with van der Waals surface area (Å²) in [5, 5.41) is 0. The Hall–Kier alpha value is -6.44. The van der Waals surface area contributed by atoms with Crippen LogP contribution in [0.4, 0.5) is 17.1 Å². The van der Waals surface area contributed by atoms with Gasteiger partial charge in [-0.2, -0.15) is 0 Å². The Morgan fingerprint density at radius 1 is 0.184 bits per heavy atom. The van der Waals surface area contributed by atoms with Gasteiger partial charge in [-0.3, -0.25) is 0 Å². The van der Waals surface area contributed by atoms with Crippen LogP contribution in [0.1, 0.15) is 0 Å². The zero-order chi connectivity index (χ0) is 32.8. The molecule has 8 rings (SSSR count). The fourth-order valence-corrected chi connectivity index (χ4v) is 6.56. The largest absolute Gasteiger partial charge is 0.311 e. The van der Waals surface area contributed by atoms with Crippen molar-refractivity contribution in [2.24, 2.45) is 0 Å². The maximum atomic E-state index is 2.34. The SMILES string of the molecule is c1ccc(-c2ccc(-c3ccc(N(c4ccc(-c5ccccc5)cc4)c4ccc(-c5ccccc5-c5ccccc5)cc4)cc3)cc2)cc1. The topological polar surface area (TPSA) is 3.24 Å². The van der Waals surface area contributed by atoms with Crippen molar-refractivity contribution in [3.05, 3.63) is 212 Å². The molecule has 0 heterocycles. The number of hydrogen-bond acceptors (Lipinski definition) is 1. The molecule has 0 aliphatic rings. The highest BCUT2D eigenvalue weighted by Gasteiger charge is 2.15. The van der Waals surface area contributed by atoms with Crippen LogP contribution in [0.25, 0.3) is 55.6 Å². The molecule has 0 saturated heterocycles. The Labute approximate surface area is 289 Å². The number of nitrogens with zero attached hydrogens (tertiary/aromatic N) is 1. The minimum absolute atomic E-state index is 1.10. The summed E-state index contributed by atoms with van der Waals surface area (Å²) in [5.74, 6) is 0. The van der Waals surface area contributed by atoms with Crippen molar-refractivity contribution in [1.29, 1.82) is 0 Å². The van der Waals surface area contributed by atoms with E-state index in [2.05, 4.69) is 217 Å². The fraction of sp³-hybridized carbons (Fsp3) is 0. The molecular weight excluding hydrogens is 591 g/mol. The van der Waals surface area contributed by atoms with E-state index in [1.165, 1.54) is 55.6 Å². The van der Waals surface area contributed by atoms with Crippen LogP contribution in [0.2, 0.25) is 0 Å². The van der Waals surface area contributed by atoms with E-state index in [0.29, 0.717) is 0 Å². The predicted octanol–water partition coefficient (Wildman–Crippen LogP) is 13.5. The summed E-state index contributed by atoms with van der Waals surface area (Å²) < 4.78 is 0. The lowest BCUT2D eigenvalue weighted by molar-refractivity contribution is 1.28. The van der Waals surface area contributed by atoms with Gasteiger partial charge in [0.15, 0.2) is 0 Å². The molecule has 1 nitrogen and oxygen atoms in total. The van der Waals surface area contributed by atoms with Crippen molar-refractivity contribution >= 4 is 17.1 Å². The molecule has 49 heavy (non-hydrogen) atoms. The molecule has 0 saturated carbocycles. The summed E-state index contributed by atoms with van der Waals surface area (Å²) in [6.07, 6.45) is 0. The molecule has 0 N–H and O–H groups in total. The van der Waals surface area contributed by atoms with E-state index in [1.807, 2.05) is 0 Å². The molecule has 232 valence electrons. The van der Waals surface area contributed by atoms with Gasteiger partial charge in [0.2, 0.25) is 0 Å². The quantitative estimate of drug-likeness (QED) is 0.162. The van der Waals surface area contributed by atoms with Crippen LogP contribution in [0, 0.1) is 0 Å². The Kier molecular flexibility index (Phi) is 8.39. The molecule has 0 aliphatic carbocycles. The molecule has 0 bridgehead atoms. The second-order valence-corrected chi connectivity index (χ2v) is 12.2. The van der Waals surface area contributed by atoms with Crippen LogP contribution in [0.15, 0.2) is 212 Å². The minimum atomic E-state index is 1.10. The second kappa shape index (κ2) is 13.7. The van der Waals surface area contributed by atoms with Crippen LogP contribution >= 0.6 is 0 Å². The monoisotopic (exact) mass is 625 g/mol. The van der Waals surface area contributed by atoms with Crippen LogP contribution < -0.4 is 4.90 Å². The van der Waals surface area contributed by atoms with Crippen molar-refractivity contribution in [1.82, 2.24) is 0 Å². The molecule has 0 amide bonds. The van der Waals surface area contributed by atoms with E-state index in [1.54, 1.807) is 0 Å². The lowest BCUT2D eigenvalue weighted by Gasteiger charge is -2.26. The minimum Gasteiger partial charge on any atom is -0.311 e. The van der Waals surface area contributed by atoms with Crippen molar-refractivity contribution < 1.29 is 0 Å². The third kappa shape index (κ3) is 6.43. The molecule has 8 aromatic rings. The normalized spacial score (nSPS) is 10.9. The first-order valence-electron chi connectivity index (χ1n) is 16.8. The number of benzene rings is 8. The molecule has 0 radical (unpaired) electrons. The highest BCUT2D eigenvalue weighted by atomic mass is 15.1. The van der Waals surface area contributed by atoms with Gasteiger partial charge < -0.3 is 4.90 Å². The Morgan fingerprint density at radius 3 is 0.755 bits per heavy atom. The van der Waals surface area contributed by atoms with E-state index < -0.39 is 0 Å². The summed E-state index contributed by atoms with van der Waals surface area (Å²) in [6, 6.07) is 75.9. The molecule has 0 unspecified atom stereocenters. The van der Waals surface area contributed by atoms with Crippen molar-refractivity contribution in [3.8, 4) is 55.6 Å². The van der Waals surface area contributed by atoms with Gasteiger partial charge in [-0.15, -0.1) is 0 Å². The predicted molar refractivity (Wildman–Crippen MR) is 208 cm³/mol. The average molecular weight is 626 g/mol. The Balaban J connectivity index is 1.14. The zero-order valence-corrected chi connectivity index (χ0v) is 27.2. The molecule has 1 heteroatoms. The van der Waals surface area contributed by atoms with Gasteiger partial charge >= 0.3 is 0 Å². The molecule has 8 aromatic carbocycles. The molecule has 0 fully saturated rings. The average Bonchev–Trinajstić information content (AvgIpc) is 3.20. The van der Waals surface area contributed by atoms with Gasteiger partial charge in [-0.1, -0.05) is 176 Å². The maximum Gasteiger partial charge on any atom is 0.0462 e. The van der Waals surface area contributed by atoms with E-state index in [9.17, 15) is 0 Å². The van der Waals surface area contributed by atoms with E-state index >= 15 is 0 Å². The van der Waals surface area contributed by atoms with E-state index in [0.717, 1.165) is 17.1 Å². The van der Waals surface area contributed by atoms with Crippen LogP contribution in [-0.2, 0) is 0 Å². The molecule has 0 aliphatic heterocycles. The molecule has 0 aromatic heterocycles. The lowest BCUT2D eigenvalue weighted by Crippen LogP contribution is -2.09. The maximum absolute atomic E-state index is 2.34. The molecular formula is C48H35N. The summed E-state index contributed by atoms with van der Waals surface area (Å²) in [5.41, 5.74) is 15.4. The van der Waals surface area contributed by atoms with Crippen LogP contribution in [0.5, 0.6) is 0 Å². The number of hydrogen-bond donors (Lipinski definition) is 0. The standard InChI is InChI=1S/C48H35N/c1-4-12-36(13-5-1)38-20-22-39(23-21-38)41-26-32-45(33-27-41)49(44-30-24-40(25-31-44)37-14-6-2-7-15-37)46-34-28-43(29-35-46)48-19-11-10-18-47(48)42-16-8-3-9-17-42/h1-35H. The zero-order valence-electron chi connectivity index (χ0n) is 27.2. The van der Waals surface area contributed by atoms with E-state index in [-0.39, 0.29) is 0 Å². The third-order valence-corrected chi connectivity index (χ3v) is 9.13. The Morgan fingerprint density at radius 2 is 0.408 bits per heavy atom. The molecule has 0 atom stereocenters. The highest BCUT2D eigenvalue weighted by molar-refractivity contribution is 5.86. The first kappa shape index (κ1) is 29.9. The lowest BCUT2D eigenvalue weighted by atomic mass is 9.94. The van der Waals surface area contributed by atoms with Gasteiger partial charge in [0.05, 0.1) is 0 Å². The summed E-state index contributed by atoms with van der Waals surface area (Å²) >= 11 is 0. The number of anilines is 3. The summed E-state index contributed by atoms with van der Waals surface area (Å²) in [4.78, 5) is 2.34. The van der Waals surface area contributed by atoms with Crippen molar-refractivity contribution in [2.45, 2.75) is 0 Å². The van der Waals surface area contributed by atoms with Gasteiger partial charge in [0.1, 0.15) is 0 Å². The summed E-state index contributed by atoms with van der Waals surface area (Å²) in [6.45, 7) is 0. The van der Waals surface area contributed by atoms with Crippen LogP contribution in [0.3, 0.4) is 0 Å². The van der Waals surface area contributed by atoms with Crippen molar-refractivity contribution in [2.75, 3.05) is 4.90 Å². The third-order valence-electron chi connectivity index (χ3n) is 9.13. The Bertz CT molecular complexity index is 2260. The van der Waals surface area contributed by atoms with Gasteiger partial charge in [-0.25, -0.2) is 0 Å². The number of rotatable bonds is 8. The summed E-state index contributed by atoms with van der Waals surface area (Å²) in [7, 11) is 0. The molecule has 0 spiro atoms. The van der Waals surface area contributed by atoms with Gasteiger partial charge in [-0.05, 0) is 92.0 Å².